The molecule has 0 saturated heterocycles. The van der Waals surface area contributed by atoms with E-state index in [1.807, 2.05) is 83.5 Å². The normalized spacial score (nSPS) is 10.5. The number of rotatable bonds is 6. The van der Waals surface area contributed by atoms with Crippen molar-refractivity contribution in [1.82, 2.24) is 19.7 Å². The van der Waals surface area contributed by atoms with Crippen LogP contribution in [0.2, 0.25) is 0 Å². The van der Waals surface area contributed by atoms with Crippen molar-refractivity contribution < 1.29 is 4.74 Å². The first-order valence-corrected chi connectivity index (χ1v) is 8.80. The van der Waals surface area contributed by atoms with Crippen molar-refractivity contribution in [3.05, 3.63) is 79.4 Å². The molecule has 0 aliphatic heterocycles. The van der Waals surface area contributed by atoms with Crippen LogP contribution >= 0.6 is 0 Å². The highest BCUT2D eigenvalue weighted by Gasteiger charge is 2.11. The molecule has 2 heterocycles. The number of aromatic nitrogens is 4. The Morgan fingerprint density at radius 3 is 2.57 bits per heavy atom. The molecule has 0 aliphatic carbocycles. The summed E-state index contributed by atoms with van der Waals surface area (Å²) in [5.41, 5.74) is 2.86. The average Bonchev–Trinajstić information content (AvgIpc) is 3.29. The van der Waals surface area contributed by atoms with Crippen molar-refractivity contribution in [2.24, 2.45) is 0 Å². The molecule has 0 bridgehead atoms. The number of para-hydroxylation sites is 2. The van der Waals surface area contributed by atoms with Crippen LogP contribution < -0.4 is 15.0 Å². The van der Waals surface area contributed by atoms with E-state index < -0.39 is 0 Å². The Bertz CT molecular complexity index is 1050. The van der Waals surface area contributed by atoms with Crippen LogP contribution in [0, 0.1) is 0 Å². The van der Waals surface area contributed by atoms with E-state index in [-0.39, 0.29) is 0 Å². The van der Waals surface area contributed by atoms with Crippen molar-refractivity contribution >= 4 is 23.0 Å². The summed E-state index contributed by atoms with van der Waals surface area (Å²) in [4.78, 5) is 10.7. The highest BCUT2D eigenvalue weighted by atomic mass is 16.5. The molecule has 2 aromatic heterocycles. The Morgan fingerprint density at radius 1 is 1.00 bits per heavy atom. The van der Waals surface area contributed by atoms with Crippen molar-refractivity contribution in [3.8, 4) is 11.4 Å². The SMILES string of the molecule is COc1ccccc1N(C)c1cc(Nc2ccc(-n3cccn3)cc2)ncn1. The Balaban J connectivity index is 1.54. The van der Waals surface area contributed by atoms with Gasteiger partial charge in [0, 0.05) is 31.2 Å². The minimum absolute atomic E-state index is 0.707. The van der Waals surface area contributed by atoms with Gasteiger partial charge in [-0.25, -0.2) is 14.6 Å². The molecule has 0 saturated carbocycles. The first-order valence-electron chi connectivity index (χ1n) is 8.80. The maximum atomic E-state index is 5.45. The molecule has 0 amide bonds. The van der Waals surface area contributed by atoms with Gasteiger partial charge in [-0.05, 0) is 42.5 Å². The number of benzene rings is 2. The molecule has 7 nitrogen and oxygen atoms in total. The van der Waals surface area contributed by atoms with E-state index in [2.05, 4.69) is 20.4 Å². The third-order valence-corrected chi connectivity index (χ3v) is 4.35. The van der Waals surface area contributed by atoms with E-state index in [1.165, 1.54) is 0 Å². The molecule has 1 N–H and O–H groups in total. The molecule has 28 heavy (non-hydrogen) atoms. The van der Waals surface area contributed by atoms with Gasteiger partial charge in [0.05, 0.1) is 18.5 Å². The van der Waals surface area contributed by atoms with Gasteiger partial charge < -0.3 is 15.0 Å². The highest BCUT2D eigenvalue weighted by molar-refractivity contribution is 5.69. The van der Waals surface area contributed by atoms with E-state index in [0.29, 0.717) is 5.82 Å². The second-order valence-electron chi connectivity index (χ2n) is 6.11. The van der Waals surface area contributed by atoms with E-state index >= 15 is 0 Å². The zero-order valence-electron chi connectivity index (χ0n) is 15.6. The number of methoxy groups -OCH3 is 1. The quantitative estimate of drug-likeness (QED) is 0.548. The molecule has 4 aromatic rings. The van der Waals surface area contributed by atoms with Gasteiger partial charge in [-0.15, -0.1) is 0 Å². The summed E-state index contributed by atoms with van der Waals surface area (Å²) >= 11 is 0. The van der Waals surface area contributed by atoms with Crippen LogP contribution in [0.3, 0.4) is 0 Å². The molecular weight excluding hydrogens is 352 g/mol. The predicted octanol–water partition coefficient (Wildman–Crippen LogP) is 4.18. The minimum Gasteiger partial charge on any atom is -0.495 e. The van der Waals surface area contributed by atoms with E-state index in [4.69, 9.17) is 4.74 Å². The number of nitrogens with zero attached hydrogens (tertiary/aromatic N) is 5. The van der Waals surface area contributed by atoms with Crippen LogP contribution in [0.1, 0.15) is 0 Å². The Labute approximate surface area is 163 Å². The molecule has 0 spiro atoms. The van der Waals surface area contributed by atoms with Crippen molar-refractivity contribution in [2.45, 2.75) is 0 Å². The third-order valence-electron chi connectivity index (χ3n) is 4.35. The first-order chi connectivity index (χ1) is 13.7. The lowest BCUT2D eigenvalue weighted by molar-refractivity contribution is 0.415. The summed E-state index contributed by atoms with van der Waals surface area (Å²) < 4.78 is 7.26. The van der Waals surface area contributed by atoms with Crippen molar-refractivity contribution in [1.29, 1.82) is 0 Å². The van der Waals surface area contributed by atoms with Crippen LogP contribution in [-0.4, -0.2) is 33.9 Å². The van der Waals surface area contributed by atoms with Gasteiger partial charge in [0.15, 0.2) is 0 Å². The van der Waals surface area contributed by atoms with Gasteiger partial charge in [-0.3, -0.25) is 0 Å². The standard InChI is InChI=1S/C21H20N6O/c1-26(18-6-3-4-7-19(18)28-2)21-14-20(22-15-23-21)25-16-8-10-17(11-9-16)27-13-5-12-24-27/h3-15H,1-2H3,(H,22,23,25). The average molecular weight is 372 g/mol. The Morgan fingerprint density at radius 2 is 1.82 bits per heavy atom. The summed E-state index contributed by atoms with van der Waals surface area (Å²) in [5.74, 6) is 2.25. The van der Waals surface area contributed by atoms with Crippen LogP contribution in [0.15, 0.2) is 79.4 Å². The fourth-order valence-corrected chi connectivity index (χ4v) is 2.90. The Kier molecular flexibility index (Phi) is 4.88. The summed E-state index contributed by atoms with van der Waals surface area (Å²) in [6.07, 6.45) is 5.21. The lowest BCUT2D eigenvalue weighted by atomic mass is 10.2. The zero-order chi connectivity index (χ0) is 19.3. The number of nitrogens with one attached hydrogen (secondary N) is 1. The summed E-state index contributed by atoms with van der Waals surface area (Å²) in [6.45, 7) is 0. The maximum absolute atomic E-state index is 5.45. The van der Waals surface area contributed by atoms with Gasteiger partial charge in [0.2, 0.25) is 0 Å². The van der Waals surface area contributed by atoms with Crippen molar-refractivity contribution in [3.63, 3.8) is 0 Å². The van der Waals surface area contributed by atoms with Gasteiger partial charge in [0.1, 0.15) is 23.7 Å². The largest absolute Gasteiger partial charge is 0.495 e. The Hall–Kier alpha value is -3.87. The zero-order valence-corrected chi connectivity index (χ0v) is 15.6. The molecule has 0 fully saturated rings. The number of ether oxygens (including phenoxy) is 1. The van der Waals surface area contributed by atoms with Crippen LogP contribution in [0.25, 0.3) is 5.69 Å². The summed E-state index contributed by atoms with van der Waals surface area (Å²) in [5, 5.41) is 7.55. The first kappa shape index (κ1) is 17.5. The monoisotopic (exact) mass is 372 g/mol. The topological polar surface area (TPSA) is 68.1 Å². The summed E-state index contributed by atoms with van der Waals surface area (Å²) in [7, 11) is 3.61. The smallest absolute Gasteiger partial charge is 0.142 e. The molecule has 4 rings (SSSR count). The fourth-order valence-electron chi connectivity index (χ4n) is 2.90. The second kappa shape index (κ2) is 7.79. The van der Waals surface area contributed by atoms with Crippen molar-refractivity contribution in [2.75, 3.05) is 24.4 Å². The third kappa shape index (κ3) is 3.64. The molecule has 0 unspecified atom stereocenters. The number of hydrogen-bond donors (Lipinski definition) is 1. The van der Waals surface area contributed by atoms with Gasteiger partial charge in [-0.2, -0.15) is 5.10 Å². The minimum atomic E-state index is 0.707. The maximum Gasteiger partial charge on any atom is 0.142 e. The lowest BCUT2D eigenvalue weighted by Gasteiger charge is -2.21. The fraction of sp³-hybridized carbons (Fsp3) is 0.0952. The molecule has 0 aliphatic rings. The van der Waals surface area contributed by atoms with E-state index in [0.717, 1.165) is 28.6 Å². The number of hydrogen-bond acceptors (Lipinski definition) is 6. The molecule has 7 heteroatoms. The van der Waals surface area contributed by atoms with Gasteiger partial charge in [0.25, 0.3) is 0 Å². The van der Waals surface area contributed by atoms with Crippen LogP contribution in [0.5, 0.6) is 5.75 Å². The molecule has 140 valence electrons. The van der Waals surface area contributed by atoms with E-state index in [1.54, 1.807) is 19.6 Å². The lowest BCUT2D eigenvalue weighted by Crippen LogP contribution is -2.13. The molecule has 0 radical (unpaired) electrons. The van der Waals surface area contributed by atoms with Gasteiger partial charge in [-0.1, -0.05) is 12.1 Å². The predicted molar refractivity (Wildman–Crippen MR) is 110 cm³/mol. The second-order valence-corrected chi connectivity index (χ2v) is 6.11. The molecule has 2 aromatic carbocycles. The van der Waals surface area contributed by atoms with Crippen LogP contribution in [0.4, 0.5) is 23.0 Å². The number of anilines is 4. The molecular formula is C21H20N6O. The highest BCUT2D eigenvalue weighted by Crippen LogP contribution is 2.31. The summed E-state index contributed by atoms with van der Waals surface area (Å²) in [6, 6.07) is 19.6. The van der Waals surface area contributed by atoms with Gasteiger partial charge >= 0.3 is 0 Å². The molecule has 0 atom stereocenters. The van der Waals surface area contributed by atoms with Crippen LogP contribution in [-0.2, 0) is 0 Å². The van der Waals surface area contributed by atoms with E-state index in [9.17, 15) is 0 Å².